The quantitative estimate of drug-likeness (QED) is 0.921. The van der Waals surface area contributed by atoms with E-state index < -0.39 is 0 Å². The average Bonchev–Trinajstić information content (AvgIpc) is 2.55. The molecule has 1 aromatic carbocycles. The van der Waals surface area contributed by atoms with Crippen molar-refractivity contribution in [1.29, 1.82) is 0 Å². The molecule has 1 atom stereocenters. The van der Waals surface area contributed by atoms with Gasteiger partial charge in [-0.1, -0.05) is 18.2 Å². The zero-order valence-electron chi connectivity index (χ0n) is 13.1. The topological polar surface area (TPSA) is 61.9 Å². The Hall–Kier alpha value is -2.08. The second-order valence-corrected chi connectivity index (χ2v) is 5.25. The lowest BCUT2D eigenvalue weighted by Gasteiger charge is -2.36. The monoisotopic (exact) mass is 305 g/mol. The highest BCUT2D eigenvalue weighted by molar-refractivity contribution is 5.94. The molecule has 6 nitrogen and oxygen atoms in total. The lowest BCUT2D eigenvalue weighted by molar-refractivity contribution is -0.121. The van der Waals surface area contributed by atoms with Crippen LogP contribution < -0.4 is 5.32 Å². The first kappa shape index (κ1) is 16.3. The second-order valence-electron chi connectivity index (χ2n) is 5.25. The number of rotatable bonds is 4. The van der Waals surface area contributed by atoms with E-state index in [0.29, 0.717) is 32.8 Å². The van der Waals surface area contributed by atoms with Crippen LogP contribution in [0.1, 0.15) is 13.8 Å². The molecule has 0 radical (unpaired) electrons. The smallest absolute Gasteiger partial charge is 0.409 e. The maximum absolute atomic E-state index is 12.3. The van der Waals surface area contributed by atoms with Gasteiger partial charge in [0, 0.05) is 31.9 Å². The summed E-state index contributed by atoms with van der Waals surface area (Å²) in [6.07, 6.45) is -0.274. The number of hydrogen-bond donors (Lipinski definition) is 1. The van der Waals surface area contributed by atoms with Crippen LogP contribution in [-0.2, 0) is 9.53 Å². The fourth-order valence-corrected chi connectivity index (χ4v) is 2.44. The van der Waals surface area contributed by atoms with Crippen LogP contribution in [0.15, 0.2) is 30.3 Å². The van der Waals surface area contributed by atoms with Crippen molar-refractivity contribution in [3.63, 3.8) is 0 Å². The minimum Gasteiger partial charge on any atom is -0.450 e. The molecule has 1 fully saturated rings. The van der Waals surface area contributed by atoms with E-state index in [9.17, 15) is 9.59 Å². The highest BCUT2D eigenvalue weighted by atomic mass is 16.6. The number of ether oxygens (including phenoxy) is 1. The Morgan fingerprint density at radius 3 is 2.41 bits per heavy atom. The summed E-state index contributed by atoms with van der Waals surface area (Å²) in [5, 5.41) is 2.91. The Morgan fingerprint density at radius 2 is 1.82 bits per heavy atom. The fraction of sp³-hybridized carbons (Fsp3) is 0.500. The summed E-state index contributed by atoms with van der Waals surface area (Å²) in [7, 11) is 0. The van der Waals surface area contributed by atoms with E-state index in [0.717, 1.165) is 5.69 Å². The molecular formula is C16H23N3O3. The maximum atomic E-state index is 12.3. The van der Waals surface area contributed by atoms with Gasteiger partial charge in [-0.15, -0.1) is 0 Å². The van der Waals surface area contributed by atoms with Crippen LogP contribution in [0.3, 0.4) is 0 Å². The predicted octanol–water partition coefficient (Wildman–Crippen LogP) is 1.79. The molecule has 0 bridgehead atoms. The van der Waals surface area contributed by atoms with Gasteiger partial charge in [0.05, 0.1) is 12.6 Å². The summed E-state index contributed by atoms with van der Waals surface area (Å²) in [5.74, 6) is -0.0317. The van der Waals surface area contributed by atoms with Gasteiger partial charge in [-0.2, -0.15) is 0 Å². The van der Waals surface area contributed by atoms with Crippen molar-refractivity contribution in [3.8, 4) is 0 Å². The molecule has 1 saturated heterocycles. The zero-order chi connectivity index (χ0) is 15.9. The van der Waals surface area contributed by atoms with Crippen molar-refractivity contribution in [2.75, 3.05) is 38.1 Å². The lowest BCUT2D eigenvalue weighted by Crippen LogP contribution is -2.54. The molecule has 1 heterocycles. The van der Waals surface area contributed by atoms with Crippen molar-refractivity contribution in [3.05, 3.63) is 30.3 Å². The minimum atomic E-state index is -0.274. The Bertz CT molecular complexity index is 499. The molecule has 0 unspecified atom stereocenters. The van der Waals surface area contributed by atoms with Crippen LogP contribution in [0.4, 0.5) is 10.5 Å². The molecule has 1 aliphatic heterocycles. The Balaban J connectivity index is 1.83. The number of hydrogen-bond acceptors (Lipinski definition) is 4. The van der Waals surface area contributed by atoms with Crippen LogP contribution in [0, 0.1) is 0 Å². The van der Waals surface area contributed by atoms with Gasteiger partial charge in [0.2, 0.25) is 5.91 Å². The normalized spacial score (nSPS) is 16.9. The fourth-order valence-electron chi connectivity index (χ4n) is 2.44. The lowest BCUT2D eigenvalue weighted by atomic mass is 10.2. The van der Waals surface area contributed by atoms with E-state index in [4.69, 9.17) is 4.74 Å². The maximum Gasteiger partial charge on any atom is 0.409 e. The van der Waals surface area contributed by atoms with Gasteiger partial charge in [-0.25, -0.2) is 4.79 Å². The first-order valence-electron chi connectivity index (χ1n) is 7.63. The van der Waals surface area contributed by atoms with Gasteiger partial charge in [0.15, 0.2) is 0 Å². The summed E-state index contributed by atoms with van der Waals surface area (Å²) in [4.78, 5) is 27.7. The summed E-state index contributed by atoms with van der Waals surface area (Å²) < 4.78 is 4.99. The molecule has 120 valence electrons. The van der Waals surface area contributed by atoms with E-state index in [1.807, 2.05) is 37.3 Å². The molecule has 0 saturated carbocycles. The van der Waals surface area contributed by atoms with Crippen molar-refractivity contribution in [1.82, 2.24) is 9.80 Å². The Labute approximate surface area is 131 Å². The van der Waals surface area contributed by atoms with Gasteiger partial charge < -0.3 is 15.0 Å². The van der Waals surface area contributed by atoms with Crippen molar-refractivity contribution >= 4 is 17.7 Å². The average molecular weight is 305 g/mol. The predicted molar refractivity (Wildman–Crippen MR) is 84.7 cm³/mol. The van der Waals surface area contributed by atoms with Gasteiger partial charge in [-0.05, 0) is 26.0 Å². The summed E-state index contributed by atoms with van der Waals surface area (Å²) in [6.45, 7) is 6.57. The number of carbonyl (C=O) groups excluding carboxylic acids is 2. The number of benzene rings is 1. The summed E-state index contributed by atoms with van der Waals surface area (Å²) in [6, 6.07) is 9.18. The third kappa shape index (κ3) is 4.21. The third-order valence-electron chi connectivity index (χ3n) is 3.81. The van der Waals surface area contributed by atoms with E-state index in [1.165, 1.54) is 0 Å². The Morgan fingerprint density at radius 1 is 1.18 bits per heavy atom. The van der Waals surface area contributed by atoms with E-state index >= 15 is 0 Å². The van der Waals surface area contributed by atoms with Gasteiger partial charge in [0.1, 0.15) is 0 Å². The second kappa shape index (κ2) is 7.79. The van der Waals surface area contributed by atoms with Crippen LogP contribution in [0.25, 0.3) is 0 Å². The molecule has 0 spiro atoms. The highest BCUT2D eigenvalue weighted by Crippen LogP contribution is 2.11. The molecule has 6 heteroatoms. The molecule has 0 aliphatic carbocycles. The van der Waals surface area contributed by atoms with Crippen LogP contribution in [-0.4, -0.2) is 60.6 Å². The first-order chi connectivity index (χ1) is 10.6. The summed E-state index contributed by atoms with van der Waals surface area (Å²) >= 11 is 0. The number of para-hydroxylation sites is 1. The molecule has 0 aromatic heterocycles. The first-order valence-corrected chi connectivity index (χ1v) is 7.63. The number of amides is 2. The van der Waals surface area contributed by atoms with Gasteiger partial charge in [-0.3, -0.25) is 9.69 Å². The SMILES string of the molecule is CCOC(=O)N1CCN([C@H](C)C(=O)Nc2ccccc2)CC1. The van der Waals surface area contributed by atoms with Crippen LogP contribution in [0.2, 0.25) is 0 Å². The zero-order valence-corrected chi connectivity index (χ0v) is 13.1. The van der Waals surface area contributed by atoms with Crippen molar-refractivity contribution < 1.29 is 14.3 Å². The third-order valence-corrected chi connectivity index (χ3v) is 3.81. The number of nitrogens with zero attached hydrogens (tertiary/aromatic N) is 2. The van der Waals surface area contributed by atoms with Crippen molar-refractivity contribution in [2.45, 2.75) is 19.9 Å². The molecule has 1 aliphatic rings. The van der Waals surface area contributed by atoms with Gasteiger partial charge in [0.25, 0.3) is 0 Å². The number of nitrogens with one attached hydrogen (secondary N) is 1. The van der Waals surface area contributed by atoms with E-state index in [1.54, 1.807) is 11.8 Å². The van der Waals surface area contributed by atoms with Crippen LogP contribution >= 0.6 is 0 Å². The van der Waals surface area contributed by atoms with Gasteiger partial charge >= 0.3 is 6.09 Å². The highest BCUT2D eigenvalue weighted by Gasteiger charge is 2.27. The molecule has 1 N–H and O–H groups in total. The minimum absolute atomic E-state index is 0.0317. The number of carbonyl (C=O) groups is 2. The van der Waals surface area contributed by atoms with E-state index in [2.05, 4.69) is 10.2 Å². The standard InChI is InChI=1S/C16H23N3O3/c1-3-22-16(21)19-11-9-18(10-12-19)13(2)15(20)17-14-7-5-4-6-8-14/h4-8,13H,3,9-12H2,1-2H3,(H,17,20)/t13-/m1/s1. The molecular weight excluding hydrogens is 282 g/mol. The Kier molecular flexibility index (Phi) is 5.77. The largest absolute Gasteiger partial charge is 0.450 e. The van der Waals surface area contributed by atoms with Crippen molar-refractivity contribution in [2.24, 2.45) is 0 Å². The van der Waals surface area contributed by atoms with E-state index in [-0.39, 0.29) is 18.0 Å². The summed E-state index contributed by atoms with van der Waals surface area (Å²) in [5.41, 5.74) is 0.796. The molecule has 1 aromatic rings. The van der Waals surface area contributed by atoms with Crippen LogP contribution in [0.5, 0.6) is 0 Å². The number of piperazine rings is 1. The molecule has 2 amide bonds. The number of anilines is 1. The molecule has 2 rings (SSSR count). The molecule has 22 heavy (non-hydrogen) atoms.